The minimum atomic E-state index is 0.134. The summed E-state index contributed by atoms with van der Waals surface area (Å²) in [5, 5.41) is 3.49. The molecule has 1 heterocycles. The van der Waals surface area contributed by atoms with Crippen molar-refractivity contribution in [2.24, 2.45) is 0 Å². The number of nitrogens with zero attached hydrogens (tertiary/aromatic N) is 1. The van der Waals surface area contributed by atoms with Crippen molar-refractivity contribution in [2.75, 3.05) is 20.1 Å². The van der Waals surface area contributed by atoms with E-state index in [1.54, 1.807) is 0 Å². The lowest BCUT2D eigenvalue weighted by Crippen LogP contribution is -2.51. The van der Waals surface area contributed by atoms with Crippen LogP contribution in [-0.4, -0.2) is 30.6 Å². The summed E-state index contributed by atoms with van der Waals surface area (Å²) >= 11 is 1.90. The van der Waals surface area contributed by atoms with Crippen molar-refractivity contribution in [3.05, 3.63) is 21.9 Å². The molecule has 0 saturated heterocycles. The standard InChI is InChI=1S/C14H26N2S/c1-7-16(8-2)14(4,5)13(15-6)12-10-9-11(3)17-12/h9-10,13,15H,7-8H2,1-6H3. The molecule has 3 heteroatoms. The van der Waals surface area contributed by atoms with Gasteiger partial charge in [0.05, 0.1) is 6.04 Å². The zero-order valence-electron chi connectivity index (χ0n) is 12.0. The molecule has 0 saturated carbocycles. The topological polar surface area (TPSA) is 15.3 Å². The highest BCUT2D eigenvalue weighted by Gasteiger charge is 2.34. The van der Waals surface area contributed by atoms with E-state index in [-0.39, 0.29) is 5.54 Å². The van der Waals surface area contributed by atoms with E-state index in [1.165, 1.54) is 9.75 Å². The number of thiophene rings is 1. The first-order chi connectivity index (χ1) is 7.97. The fraction of sp³-hybridized carbons (Fsp3) is 0.714. The van der Waals surface area contributed by atoms with Gasteiger partial charge in [0.15, 0.2) is 0 Å². The van der Waals surface area contributed by atoms with Crippen molar-refractivity contribution in [1.29, 1.82) is 0 Å². The molecule has 1 rings (SSSR count). The Kier molecular flexibility index (Phi) is 5.17. The van der Waals surface area contributed by atoms with Gasteiger partial charge >= 0.3 is 0 Å². The van der Waals surface area contributed by atoms with Crippen LogP contribution in [0.5, 0.6) is 0 Å². The van der Waals surface area contributed by atoms with Crippen LogP contribution in [0.1, 0.15) is 43.5 Å². The fourth-order valence-corrected chi connectivity index (χ4v) is 3.84. The maximum atomic E-state index is 3.49. The summed E-state index contributed by atoms with van der Waals surface area (Å²) in [4.78, 5) is 5.33. The number of likely N-dealkylation sites (N-methyl/N-ethyl adjacent to an activating group) is 2. The summed E-state index contributed by atoms with van der Waals surface area (Å²) in [6, 6.07) is 4.86. The predicted molar refractivity (Wildman–Crippen MR) is 77.9 cm³/mol. The molecular formula is C14H26N2S. The first kappa shape index (κ1) is 14.7. The molecule has 0 aromatic carbocycles. The molecule has 2 nitrogen and oxygen atoms in total. The number of rotatable bonds is 6. The van der Waals surface area contributed by atoms with Crippen LogP contribution in [0.15, 0.2) is 12.1 Å². The van der Waals surface area contributed by atoms with Crippen LogP contribution in [0.2, 0.25) is 0 Å². The fourth-order valence-electron chi connectivity index (χ4n) is 2.67. The molecule has 17 heavy (non-hydrogen) atoms. The van der Waals surface area contributed by atoms with E-state index >= 15 is 0 Å². The molecule has 0 aliphatic heterocycles. The van der Waals surface area contributed by atoms with Crippen LogP contribution in [0.4, 0.5) is 0 Å². The average Bonchev–Trinajstić information content (AvgIpc) is 2.66. The highest BCUT2D eigenvalue weighted by Crippen LogP contribution is 2.34. The Morgan fingerprint density at radius 2 is 1.88 bits per heavy atom. The highest BCUT2D eigenvalue weighted by atomic mass is 32.1. The SMILES string of the molecule is CCN(CC)C(C)(C)C(NC)c1ccc(C)s1. The van der Waals surface area contributed by atoms with Crippen molar-refractivity contribution < 1.29 is 0 Å². The summed E-state index contributed by atoms with van der Waals surface area (Å²) in [6.07, 6.45) is 0. The molecule has 98 valence electrons. The molecular weight excluding hydrogens is 228 g/mol. The molecule has 1 N–H and O–H groups in total. The molecule has 1 aromatic heterocycles. The van der Waals surface area contributed by atoms with E-state index < -0.39 is 0 Å². The average molecular weight is 254 g/mol. The van der Waals surface area contributed by atoms with Crippen molar-refractivity contribution in [1.82, 2.24) is 10.2 Å². The monoisotopic (exact) mass is 254 g/mol. The lowest BCUT2D eigenvalue weighted by Gasteiger charge is -2.43. The van der Waals surface area contributed by atoms with Gasteiger partial charge in [0.25, 0.3) is 0 Å². The van der Waals surface area contributed by atoms with Gasteiger partial charge in [-0.3, -0.25) is 4.90 Å². The first-order valence-electron chi connectivity index (χ1n) is 6.46. The molecule has 0 aliphatic carbocycles. The molecule has 0 fully saturated rings. The summed E-state index contributed by atoms with van der Waals surface area (Å²) < 4.78 is 0. The van der Waals surface area contributed by atoms with Gasteiger partial charge in [-0.1, -0.05) is 13.8 Å². The number of nitrogens with one attached hydrogen (secondary N) is 1. The highest BCUT2D eigenvalue weighted by molar-refractivity contribution is 7.12. The first-order valence-corrected chi connectivity index (χ1v) is 7.27. The summed E-state index contributed by atoms with van der Waals surface area (Å²) in [5.41, 5.74) is 0.134. The Morgan fingerprint density at radius 1 is 1.29 bits per heavy atom. The summed E-state index contributed by atoms with van der Waals surface area (Å²) in [5.74, 6) is 0. The van der Waals surface area contributed by atoms with Crippen LogP contribution in [-0.2, 0) is 0 Å². The van der Waals surface area contributed by atoms with Gasteiger partial charge in [-0.25, -0.2) is 0 Å². The molecule has 0 aliphatic rings. The minimum Gasteiger partial charge on any atom is -0.311 e. The van der Waals surface area contributed by atoms with Crippen molar-refractivity contribution in [3.8, 4) is 0 Å². The third-order valence-electron chi connectivity index (χ3n) is 3.62. The van der Waals surface area contributed by atoms with Gasteiger partial charge in [0.2, 0.25) is 0 Å². The Labute approximate surface area is 110 Å². The van der Waals surface area contributed by atoms with Crippen LogP contribution in [0.3, 0.4) is 0 Å². The largest absolute Gasteiger partial charge is 0.311 e. The van der Waals surface area contributed by atoms with Gasteiger partial charge in [-0.2, -0.15) is 0 Å². The minimum absolute atomic E-state index is 0.134. The van der Waals surface area contributed by atoms with Gasteiger partial charge in [-0.15, -0.1) is 11.3 Å². The van der Waals surface area contributed by atoms with Crippen molar-refractivity contribution >= 4 is 11.3 Å². The van der Waals surface area contributed by atoms with Crippen LogP contribution >= 0.6 is 11.3 Å². The molecule has 0 amide bonds. The third-order valence-corrected chi connectivity index (χ3v) is 4.68. The molecule has 0 spiro atoms. The van der Waals surface area contributed by atoms with Gasteiger partial charge in [0, 0.05) is 15.3 Å². The van der Waals surface area contributed by atoms with Gasteiger partial charge < -0.3 is 5.32 Å². The van der Waals surface area contributed by atoms with E-state index in [0.29, 0.717) is 6.04 Å². The number of aryl methyl sites for hydroxylation is 1. The predicted octanol–water partition coefficient (Wildman–Crippen LogP) is 3.44. The lowest BCUT2D eigenvalue weighted by atomic mass is 9.91. The van der Waals surface area contributed by atoms with E-state index in [9.17, 15) is 0 Å². The maximum absolute atomic E-state index is 3.49. The second-order valence-electron chi connectivity index (χ2n) is 5.00. The van der Waals surface area contributed by atoms with Gasteiger partial charge in [0.1, 0.15) is 0 Å². The smallest absolute Gasteiger partial charge is 0.0594 e. The van der Waals surface area contributed by atoms with E-state index in [2.05, 4.69) is 64.0 Å². The molecule has 1 atom stereocenters. The molecule has 0 bridgehead atoms. The van der Waals surface area contributed by atoms with E-state index in [0.717, 1.165) is 13.1 Å². The van der Waals surface area contributed by atoms with Crippen LogP contribution in [0.25, 0.3) is 0 Å². The van der Waals surface area contributed by atoms with Crippen LogP contribution in [0, 0.1) is 6.92 Å². The van der Waals surface area contributed by atoms with E-state index in [1.807, 2.05) is 11.3 Å². The Morgan fingerprint density at radius 3 is 2.24 bits per heavy atom. The Bertz CT molecular complexity index is 340. The second-order valence-corrected chi connectivity index (χ2v) is 6.32. The van der Waals surface area contributed by atoms with Gasteiger partial charge in [-0.05, 0) is 53.0 Å². The molecule has 1 unspecified atom stereocenters. The zero-order valence-corrected chi connectivity index (χ0v) is 12.8. The number of hydrogen-bond acceptors (Lipinski definition) is 3. The number of hydrogen-bond donors (Lipinski definition) is 1. The van der Waals surface area contributed by atoms with Crippen molar-refractivity contribution in [3.63, 3.8) is 0 Å². The van der Waals surface area contributed by atoms with E-state index in [4.69, 9.17) is 0 Å². The summed E-state index contributed by atoms with van der Waals surface area (Å²) in [6.45, 7) is 13.5. The molecule has 1 aromatic rings. The quantitative estimate of drug-likeness (QED) is 0.836. The van der Waals surface area contributed by atoms with Crippen molar-refractivity contribution in [2.45, 2.75) is 46.2 Å². The zero-order chi connectivity index (χ0) is 13.1. The Hall–Kier alpha value is -0.380. The normalized spacial score (nSPS) is 14.3. The second kappa shape index (κ2) is 5.98. The molecule has 0 radical (unpaired) electrons. The summed E-state index contributed by atoms with van der Waals surface area (Å²) in [7, 11) is 2.06. The lowest BCUT2D eigenvalue weighted by molar-refractivity contribution is 0.0958. The van der Waals surface area contributed by atoms with Crippen LogP contribution < -0.4 is 5.32 Å². The Balaban J connectivity index is 3.00. The maximum Gasteiger partial charge on any atom is 0.0594 e. The third kappa shape index (κ3) is 3.09.